The van der Waals surface area contributed by atoms with Crippen molar-refractivity contribution in [1.82, 2.24) is 9.71 Å². The molecule has 1 aromatic heterocycles. The summed E-state index contributed by atoms with van der Waals surface area (Å²) in [6.07, 6.45) is 2.70. The van der Waals surface area contributed by atoms with E-state index in [-0.39, 0.29) is 16.1 Å². The zero-order chi connectivity index (χ0) is 15.5. The first-order valence-corrected chi connectivity index (χ1v) is 7.79. The minimum absolute atomic E-state index is 0.101. The number of benzene rings is 1. The van der Waals surface area contributed by atoms with Gasteiger partial charge >= 0.3 is 0 Å². The fraction of sp³-hybridized carbons (Fsp3) is 0.0769. The molecule has 0 saturated carbocycles. The quantitative estimate of drug-likeness (QED) is 0.933. The Morgan fingerprint density at radius 1 is 1.33 bits per heavy atom. The lowest BCUT2D eigenvalue weighted by Gasteiger charge is -2.07. The number of carbonyl (C=O) groups excluding carboxylic acids is 1. The summed E-state index contributed by atoms with van der Waals surface area (Å²) in [6.45, 7) is 0. The molecule has 1 N–H and O–H groups in total. The minimum atomic E-state index is -3.95. The van der Waals surface area contributed by atoms with Crippen LogP contribution in [0.15, 0.2) is 42.7 Å². The Morgan fingerprint density at radius 2 is 2.10 bits per heavy atom. The number of amides is 1. The molecule has 0 aliphatic heterocycles. The number of sulfonamides is 1. The highest BCUT2D eigenvalue weighted by Crippen LogP contribution is 2.17. The normalized spacial score (nSPS) is 11.1. The second-order valence-corrected chi connectivity index (χ2v) is 6.31. The summed E-state index contributed by atoms with van der Waals surface area (Å²) < 4.78 is 38.9. The van der Waals surface area contributed by atoms with E-state index in [4.69, 9.17) is 11.6 Å². The van der Waals surface area contributed by atoms with E-state index in [1.807, 2.05) is 4.72 Å². The van der Waals surface area contributed by atoms with Crippen LogP contribution in [0.3, 0.4) is 0 Å². The molecule has 0 spiro atoms. The molecule has 1 heterocycles. The van der Waals surface area contributed by atoms with Crippen molar-refractivity contribution in [3.8, 4) is 0 Å². The highest BCUT2D eigenvalue weighted by Gasteiger charge is 2.17. The average molecular weight is 329 g/mol. The molecule has 110 valence electrons. The molecule has 0 radical (unpaired) electrons. The summed E-state index contributed by atoms with van der Waals surface area (Å²) in [4.78, 5) is 15.5. The lowest BCUT2D eigenvalue weighted by molar-refractivity contribution is 0.0981. The highest BCUT2D eigenvalue weighted by molar-refractivity contribution is 7.89. The zero-order valence-electron chi connectivity index (χ0n) is 10.6. The summed E-state index contributed by atoms with van der Waals surface area (Å²) in [5.41, 5.74) is 0.298. The fourth-order valence-electron chi connectivity index (χ4n) is 1.58. The Hall–Kier alpha value is -1.99. The number of aromatic nitrogens is 1. The number of carbonyl (C=O) groups is 1. The number of halogens is 2. The predicted molar refractivity (Wildman–Crippen MR) is 75.7 cm³/mol. The van der Waals surface area contributed by atoms with Gasteiger partial charge in [-0.1, -0.05) is 17.7 Å². The number of nitrogens with one attached hydrogen (secondary N) is 1. The van der Waals surface area contributed by atoms with Crippen molar-refractivity contribution >= 4 is 27.5 Å². The first-order chi connectivity index (χ1) is 9.87. The summed E-state index contributed by atoms with van der Waals surface area (Å²) in [5, 5.41) is -0.101. The molecule has 0 bridgehead atoms. The molecular formula is C13H10ClFN2O3S. The van der Waals surface area contributed by atoms with E-state index >= 15 is 0 Å². The lowest BCUT2D eigenvalue weighted by atomic mass is 10.2. The third kappa shape index (κ3) is 4.24. The van der Waals surface area contributed by atoms with E-state index in [0.29, 0.717) is 0 Å². The van der Waals surface area contributed by atoms with Crippen molar-refractivity contribution in [2.45, 2.75) is 5.75 Å². The molecule has 2 rings (SSSR count). The van der Waals surface area contributed by atoms with Crippen molar-refractivity contribution in [3.63, 3.8) is 0 Å². The van der Waals surface area contributed by atoms with Gasteiger partial charge in [0.25, 0.3) is 5.91 Å². The monoisotopic (exact) mass is 328 g/mol. The molecule has 0 saturated heterocycles. The van der Waals surface area contributed by atoms with Crippen LogP contribution < -0.4 is 4.72 Å². The van der Waals surface area contributed by atoms with E-state index in [1.54, 1.807) is 0 Å². The Kier molecular flexibility index (Phi) is 4.54. The molecule has 0 fully saturated rings. The molecule has 0 aliphatic rings. The van der Waals surface area contributed by atoms with Crippen LogP contribution >= 0.6 is 11.6 Å². The van der Waals surface area contributed by atoms with E-state index in [2.05, 4.69) is 4.98 Å². The van der Waals surface area contributed by atoms with Crippen LogP contribution in [0, 0.1) is 5.82 Å². The molecule has 0 aliphatic carbocycles. The molecule has 1 amide bonds. The largest absolute Gasteiger partial charge is 0.268 e. The number of rotatable bonds is 4. The van der Waals surface area contributed by atoms with Gasteiger partial charge in [0.05, 0.1) is 16.3 Å². The predicted octanol–water partition coefficient (Wildman–Crippen LogP) is 2.13. The Morgan fingerprint density at radius 3 is 2.71 bits per heavy atom. The van der Waals surface area contributed by atoms with Crippen LogP contribution in [0.4, 0.5) is 4.39 Å². The smallest absolute Gasteiger partial charge is 0.266 e. The maximum Gasteiger partial charge on any atom is 0.266 e. The van der Waals surface area contributed by atoms with Crippen LogP contribution in [0.2, 0.25) is 5.02 Å². The number of hydrogen-bond donors (Lipinski definition) is 1. The summed E-state index contributed by atoms with van der Waals surface area (Å²) in [6, 6.07) is 6.58. The van der Waals surface area contributed by atoms with Gasteiger partial charge in [0.15, 0.2) is 0 Å². The zero-order valence-corrected chi connectivity index (χ0v) is 12.2. The summed E-state index contributed by atoms with van der Waals surface area (Å²) in [7, 11) is -3.95. The topological polar surface area (TPSA) is 76.1 Å². The number of nitrogens with zero attached hydrogens (tertiary/aromatic N) is 1. The van der Waals surface area contributed by atoms with Crippen LogP contribution in [-0.4, -0.2) is 19.3 Å². The Balaban J connectivity index is 2.12. The van der Waals surface area contributed by atoms with Crippen LogP contribution in [-0.2, 0) is 15.8 Å². The van der Waals surface area contributed by atoms with Gasteiger partial charge < -0.3 is 0 Å². The first-order valence-electron chi connectivity index (χ1n) is 5.76. The van der Waals surface area contributed by atoms with E-state index in [9.17, 15) is 17.6 Å². The number of pyridine rings is 1. The molecule has 8 heteroatoms. The maximum atomic E-state index is 13.3. The van der Waals surface area contributed by atoms with E-state index in [1.165, 1.54) is 36.7 Å². The SMILES string of the molecule is O=C(NS(=O)(=O)Cc1ccc(Cl)c(F)c1)c1cccnc1. The molecule has 21 heavy (non-hydrogen) atoms. The first kappa shape index (κ1) is 15.4. The molecular weight excluding hydrogens is 319 g/mol. The third-order valence-electron chi connectivity index (χ3n) is 2.51. The van der Waals surface area contributed by atoms with Crippen molar-refractivity contribution in [2.24, 2.45) is 0 Å². The Labute approximate surface area is 125 Å². The third-order valence-corrected chi connectivity index (χ3v) is 4.03. The van der Waals surface area contributed by atoms with Gasteiger partial charge in [0.1, 0.15) is 5.82 Å². The van der Waals surface area contributed by atoms with Gasteiger partial charge in [-0.2, -0.15) is 0 Å². The molecule has 5 nitrogen and oxygen atoms in total. The van der Waals surface area contributed by atoms with Gasteiger partial charge in [-0.15, -0.1) is 0 Å². The van der Waals surface area contributed by atoms with E-state index < -0.39 is 27.5 Å². The van der Waals surface area contributed by atoms with Crippen molar-refractivity contribution in [1.29, 1.82) is 0 Å². The number of hydrogen-bond acceptors (Lipinski definition) is 4. The van der Waals surface area contributed by atoms with Crippen LogP contribution in [0.5, 0.6) is 0 Å². The van der Waals surface area contributed by atoms with Crippen LogP contribution in [0.25, 0.3) is 0 Å². The lowest BCUT2D eigenvalue weighted by Crippen LogP contribution is -2.31. The van der Waals surface area contributed by atoms with Gasteiger partial charge in [-0.05, 0) is 29.8 Å². The second-order valence-electron chi connectivity index (χ2n) is 4.18. The van der Waals surface area contributed by atoms with Crippen molar-refractivity contribution in [2.75, 3.05) is 0 Å². The van der Waals surface area contributed by atoms with E-state index in [0.717, 1.165) is 6.07 Å². The fourth-order valence-corrected chi connectivity index (χ4v) is 2.79. The van der Waals surface area contributed by atoms with Crippen molar-refractivity contribution < 1.29 is 17.6 Å². The summed E-state index contributed by atoms with van der Waals surface area (Å²) >= 11 is 5.52. The highest BCUT2D eigenvalue weighted by atomic mass is 35.5. The van der Waals surface area contributed by atoms with Crippen molar-refractivity contribution in [3.05, 3.63) is 64.7 Å². The summed E-state index contributed by atoms with van der Waals surface area (Å²) in [5.74, 6) is -2.05. The van der Waals surface area contributed by atoms with Gasteiger partial charge in [0.2, 0.25) is 10.0 Å². The van der Waals surface area contributed by atoms with Gasteiger partial charge in [-0.3, -0.25) is 9.78 Å². The molecule has 0 atom stereocenters. The maximum absolute atomic E-state index is 13.3. The molecule has 0 unspecified atom stereocenters. The molecule has 1 aromatic carbocycles. The van der Waals surface area contributed by atoms with Crippen LogP contribution in [0.1, 0.15) is 15.9 Å². The molecule has 2 aromatic rings. The van der Waals surface area contributed by atoms with Gasteiger partial charge in [0, 0.05) is 12.4 Å². The minimum Gasteiger partial charge on any atom is -0.268 e. The second kappa shape index (κ2) is 6.19. The van der Waals surface area contributed by atoms with Gasteiger partial charge in [-0.25, -0.2) is 17.5 Å². The standard InChI is InChI=1S/C13H10ClFN2O3S/c14-11-4-3-9(6-12(11)15)8-21(19,20)17-13(18)10-2-1-5-16-7-10/h1-7H,8H2,(H,17,18). The average Bonchev–Trinajstić information content (AvgIpc) is 2.43. The Bertz CT molecular complexity index is 766.